The highest BCUT2D eigenvalue weighted by Gasteiger charge is 2.28. The molecule has 4 rings (SSSR count). The lowest BCUT2D eigenvalue weighted by atomic mass is 9.87. The van der Waals surface area contributed by atoms with Crippen LogP contribution in [-0.4, -0.2) is 31.6 Å². The van der Waals surface area contributed by atoms with Gasteiger partial charge in [0.15, 0.2) is 16.5 Å². The van der Waals surface area contributed by atoms with E-state index in [4.69, 9.17) is 0 Å². The second-order valence-corrected chi connectivity index (χ2v) is 11.9. The van der Waals surface area contributed by atoms with E-state index in [9.17, 15) is 9.59 Å². The number of nitrogens with zero attached hydrogens (tertiary/aromatic N) is 4. The van der Waals surface area contributed by atoms with Crippen LogP contribution >= 0.6 is 11.3 Å². The summed E-state index contributed by atoms with van der Waals surface area (Å²) in [6.45, 7) is 14.3. The van der Waals surface area contributed by atoms with Gasteiger partial charge in [-0.15, -0.1) is 0 Å². The predicted molar refractivity (Wildman–Crippen MR) is 144 cm³/mol. The molecular formula is C27H32N6O2S. The van der Waals surface area contributed by atoms with Crippen molar-refractivity contribution in [2.75, 3.05) is 5.32 Å². The molecule has 0 aliphatic rings. The Bertz CT molecular complexity index is 1390. The van der Waals surface area contributed by atoms with E-state index in [1.807, 2.05) is 64.1 Å². The van der Waals surface area contributed by atoms with Crippen molar-refractivity contribution in [1.82, 2.24) is 25.1 Å². The maximum Gasteiger partial charge on any atom is 0.273 e. The number of aromatic nitrogens is 4. The van der Waals surface area contributed by atoms with Gasteiger partial charge in [0.2, 0.25) is 0 Å². The predicted octanol–water partition coefficient (Wildman–Crippen LogP) is 5.68. The van der Waals surface area contributed by atoms with Gasteiger partial charge in [-0.3, -0.25) is 19.9 Å². The summed E-state index contributed by atoms with van der Waals surface area (Å²) in [5.74, 6) is -0.550. The molecule has 1 atom stereocenters. The lowest BCUT2D eigenvalue weighted by Crippen LogP contribution is -2.28. The van der Waals surface area contributed by atoms with Crippen LogP contribution in [0.4, 0.5) is 5.13 Å². The lowest BCUT2D eigenvalue weighted by molar-refractivity contribution is 0.0934. The van der Waals surface area contributed by atoms with E-state index in [0.29, 0.717) is 21.0 Å². The van der Waals surface area contributed by atoms with E-state index in [0.717, 1.165) is 11.1 Å². The summed E-state index contributed by atoms with van der Waals surface area (Å²) in [6, 6.07) is 11.1. The number of pyridine rings is 1. The highest BCUT2D eigenvalue weighted by Crippen LogP contribution is 2.33. The standard InChI is InChI=1S/C27H32N6O2S/c1-16(17-12-14-28-15-13-17)29-24(35)20-21-22(33(32-20)27(5,6)7)30-25(36-21)31-23(34)18-8-10-19(11-9-18)26(2,3)4/h8-16H,1-7H3,(H,29,35)(H,30,31,34). The number of hydrogen-bond donors (Lipinski definition) is 2. The van der Waals surface area contributed by atoms with Crippen molar-refractivity contribution in [2.24, 2.45) is 0 Å². The topological polar surface area (TPSA) is 102 Å². The van der Waals surface area contributed by atoms with Gasteiger partial charge in [0.25, 0.3) is 11.8 Å². The zero-order valence-electron chi connectivity index (χ0n) is 21.7. The molecule has 188 valence electrons. The Kier molecular flexibility index (Phi) is 6.70. The fourth-order valence-corrected chi connectivity index (χ4v) is 4.69. The normalized spacial score (nSPS) is 13.0. The molecule has 0 radical (unpaired) electrons. The molecule has 0 spiro atoms. The fraction of sp³-hybridized carbons (Fsp3) is 0.370. The van der Waals surface area contributed by atoms with E-state index in [-0.39, 0.29) is 29.0 Å². The van der Waals surface area contributed by atoms with E-state index < -0.39 is 5.54 Å². The largest absolute Gasteiger partial charge is 0.344 e. The second-order valence-electron chi connectivity index (χ2n) is 10.9. The Morgan fingerprint density at radius 1 is 0.944 bits per heavy atom. The van der Waals surface area contributed by atoms with Crippen molar-refractivity contribution in [3.05, 3.63) is 71.2 Å². The summed E-state index contributed by atoms with van der Waals surface area (Å²) >= 11 is 1.25. The summed E-state index contributed by atoms with van der Waals surface area (Å²) in [4.78, 5) is 34.8. The maximum absolute atomic E-state index is 13.2. The van der Waals surface area contributed by atoms with E-state index in [1.165, 1.54) is 11.3 Å². The number of benzene rings is 1. The molecule has 3 aromatic heterocycles. The molecule has 3 heterocycles. The molecule has 8 nitrogen and oxygen atoms in total. The average Bonchev–Trinajstić information content (AvgIpc) is 3.37. The molecule has 0 aliphatic heterocycles. The smallest absolute Gasteiger partial charge is 0.273 e. The van der Waals surface area contributed by atoms with Gasteiger partial charge in [-0.05, 0) is 68.5 Å². The number of thiazole rings is 1. The molecular weight excluding hydrogens is 472 g/mol. The summed E-state index contributed by atoms with van der Waals surface area (Å²) in [7, 11) is 0. The van der Waals surface area contributed by atoms with Crippen molar-refractivity contribution in [1.29, 1.82) is 0 Å². The van der Waals surface area contributed by atoms with Crippen LogP contribution < -0.4 is 10.6 Å². The van der Waals surface area contributed by atoms with Crippen LogP contribution in [0.15, 0.2) is 48.8 Å². The van der Waals surface area contributed by atoms with Crippen LogP contribution in [0.25, 0.3) is 10.3 Å². The first-order valence-corrected chi connectivity index (χ1v) is 12.7. The van der Waals surface area contributed by atoms with Gasteiger partial charge < -0.3 is 5.32 Å². The third kappa shape index (κ3) is 5.31. The Morgan fingerprint density at radius 3 is 2.17 bits per heavy atom. The minimum absolute atomic E-state index is 0.00669. The van der Waals surface area contributed by atoms with Gasteiger partial charge >= 0.3 is 0 Å². The van der Waals surface area contributed by atoms with Gasteiger partial charge in [0.1, 0.15) is 4.70 Å². The molecule has 1 unspecified atom stereocenters. The van der Waals surface area contributed by atoms with Gasteiger partial charge in [-0.25, -0.2) is 4.68 Å². The third-order valence-corrected chi connectivity index (χ3v) is 6.83. The summed E-state index contributed by atoms with van der Waals surface area (Å²) in [5, 5.41) is 10.9. The molecule has 0 bridgehead atoms. The minimum Gasteiger partial charge on any atom is -0.344 e. The first-order valence-electron chi connectivity index (χ1n) is 11.9. The summed E-state index contributed by atoms with van der Waals surface area (Å²) < 4.78 is 2.36. The first kappa shape index (κ1) is 25.5. The van der Waals surface area contributed by atoms with Crippen molar-refractivity contribution in [3.8, 4) is 0 Å². The second kappa shape index (κ2) is 9.46. The SMILES string of the molecule is CC(NC(=O)c1nn(C(C)(C)C)c2nc(NC(=O)c3ccc(C(C)(C)C)cc3)sc12)c1ccncc1. The number of hydrogen-bond acceptors (Lipinski definition) is 6. The molecule has 0 aliphatic carbocycles. The number of carbonyl (C=O) groups excluding carboxylic acids is 2. The highest BCUT2D eigenvalue weighted by atomic mass is 32.1. The first-order chi connectivity index (χ1) is 16.8. The molecule has 4 aromatic rings. The number of nitrogens with one attached hydrogen (secondary N) is 2. The monoisotopic (exact) mass is 504 g/mol. The van der Waals surface area contributed by atoms with Crippen LogP contribution in [-0.2, 0) is 11.0 Å². The maximum atomic E-state index is 13.2. The Morgan fingerprint density at radius 2 is 1.58 bits per heavy atom. The van der Waals surface area contributed by atoms with Crippen molar-refractivity contribution in [2.45, 2.75) is 65.5 Å². The number of amides is 2. The molecule has 1 aromatic carbocycles. The van der Waals surface area contributed by atoms with Crippen LogP contribution in [0.2, 0.25) is 0 Å². The van der Waals surface area contributed by atoms with E-state index >= 15 is 0 Å². The quantitative estimate of drug-likeness (QED) is 0.364. The van der Waals surface area contributed by atoms with Crippen molar-refractivity contribution in [3.63, 3.8) is 0 Å². The summed E-state index contributed by atoms with van der Waals surface area (Å²) in [5.41, 5.74) is 3.09. The van der Waals surface area contributed by atoms with Crippen molar-refractivity contribution < 1.29 is 9.59 Å². The molecule has 0 saturated carbocycles. The average molecular weight is 505 g/mol. The third-order valence-electron chi connectivity index (χ3n) is 5.86. The summed E-state index contributed by atoms with van der Waals surface area (Å²) in [6.07, 6.45) is 3.39. The zero-order valence-corrected chi connectivity index (χ0v) is 22.5. The number of fused-ring (bicyclic) bond motifs is 1. The fourth-order valence-electron chi connectivity index (χ4n) is 3.76. The van der Waals surface area contributed by atoms with Crippen LogP contribution in [0, 0.1) is 0 Å². The molecule has 36 heavy (non-hydrogen) atoms. The lowest BCUT2D eigenvalue weighted by Gasteiger charge is -2.19. The molecule has 9 heteroatoms. The van der Waals surface area contributed by atoms with Gasteiger partial charge in [-0.1, -0.05) is 44.2 Å². The minimum atomic E-state index is -0.411. The van der Waals surface area contributed by atoms with Crippen LogP contribution in [0.1, 0.15) is 86.5 Å². The number of carbonyl (C=O) groups is 2. The number of rotatable bonds is 5. The van der Waals surface area contributed by atoms with Gasteiger partial charge in [0, 0.05) is 18.0 Å². The van der Waals surface area contributed by atoms with Crippen LogP contribution in [0.3, 0.4) is 0 Å². The van der Waals surface area contributed by atoms with Crippen molar-refractivity contribution >= 4 is 38.6 Å². The van der Waals surface area contributed by atoms with E-state index in [2.05, 4.69) is 46.5 Å². The van der Waals surface area contributed by atoms with Gasteiger partial charge in [0.05, 0.1) is 11.6 Å². The van der Waals surface area contributed by atoms with Gasteiger partial charge in [-0.2, -0.15) is 10.1 Å². The Labute approximate surface area is 215 Å². The van der Waals surface area contributed by atoms with Crippen LogP contribution in [0.5, 0.6) is 0 Å². The molecule has 2 N–H and O–H groups in total. The Hall–Kier alpha value is -3.59. The Balaban J connectivity index is 1.62. The molecule has 2 amide bonds. The zero-order chi connectivity index (χ0) is 26.3. The number of anilines is 1. The molecule has 0 saturated heterocycles. The van der Waals surface area contributed by atoms with E-state index in [1.54, 1.807) is 17.1 Å². The molecule has 0 fully saturated rings. The highest BCUT2D eigenvalue weighted by molar-refractivity contribution is 7.22.